The fourth-order valence-electron chi connectivity index (χ4n) is 3.86. The third-order valence-electron chi connectivity index (χ3n) is 6.18. The molecule has 0 atom stereocenters. The summed E-state index contributed by atoms with van der Waals surface area (Å²) in [6.07, 6.45) is 17.7. The van der Waals surface area contributed by atoms with Crippen molar-refractivity contribution < 1.29 is 38.9 Å². The van der Waals surface area contributed by atoms with Gasteiger partial charge in [-0.3, -0.25) is 13.7 Å². The van der Waals surface area contributed by atoms with Gasteiger partial charge in [-0.2, -0.15) is 25.3 Å². The Morgan fingerprint density at radius 3 is 0.590 bits per heavy atom. The van der Waals surface area contributed by atoms with E-state index in [1.807, 2.05) is 0 Å². The van der Waals surface area contributed by atoms with Gasteiger partial charge in [0, 0.05) is 18.1 Å². The van der Waals surface area contributed by atoms with Crippen molar-refractivity contribution in [2.45, 2.75) is 116 Å². The third kappa shape index (κ3) is 54.4. The van der Waals surface area contributed by atoms with E-state index in [9.17, 15) is 25.3 Å². The number of hydrogen-bond donors (Lipinski definition) is 6. The Balaban J connectivity index is -0.000000406. The minimum Gasteiger partial charge on any atom is -0.328 e. The summed E-state index contributed by atoms with van der Waals surface area (Å²) < 4.78 is 77.6. The quantitative estimate of drug-likeness (QED) is 0.212. The zero-order valence-corrected chi connectivity index (χ0v) is 27.1. The molecule has 12 nitrogen and oxygen atoms in total. The van der Waals surface area contributed by atoms with E-state index in [0.29, 0.717) is 36.9 Å². The van der Waals surface area contributed by atoms with E-state index >= 15 is 0 Å². The van der Waals surface area contributed by atoms with Crippen LogP contribution in [0.5, 0.6) is 0 Å². The van der Waals surface area contributed by atoms with E-state index < -0.39 is 30.4 Å². The minimum absolute atomic E-state index is 0.520. The summed E-state index contributed by atoms with van der Waals surface area (Å²) in [5.41, 5.74) is 17.1. The first-order chi connectivity index (χ1) is 17.4. The first-order valence-corrected chi connectivity index (χ1v) is 18.9. The van der Waals surface area contributed by atoms with Gasteiger partial charge in [-0.15, -0.1) is 0 Å². The van der Waals surface area contributed by atoms with E-state index in [1.165, 1.54) is 77.0 Å². The molecule has 0 saturated heterocycles. The maximum atomic E-state index is 9.19. The van der Waals surface area contributed by atoms with Crippen LogP contribution in [0.3, 0.4) is 0 Å². The zero-order valence-electron chi connectivity index (χ0n) is 24.7. The molecule has 0 aromatic carbocycles. The Kier molecular flexibility index (Phi) is 24.6. The van der Waals surface area contributed by atoms with Gasteiger partial charge in [-0.25, -0.2) is 0 Å². The second-order valence-electron chi connectivity index (χ2n) is 11.3. The van der Waals surface area contributed by atoms with Crippen molar-refractivity contribution >= 4 is 30.4 Å². The Morgan fingerprint density at radius 1 is 0.410 bits per heavy atom. The van der Waals surface area contributed by atoms with Crippen molar-refractivity contribution in [1.29, 1.82) is 0 Å². The lowest BCUT2D eigenvalue weighted by Gasteiger charge is -2.22. The minimum atomic E-state index is -3.67. The van der Waals surface area contributed by atoms with Crippen LogP contribution in [-0.4, -0.2) is 75.8 Å². The van der Waals surface area contributed by atoms with E-state index in [2.05, 4.69) is 20.8 Å². The van der Waals surface area contributed by atoms with Crippen LogP contribution in [0, 0.1) is 17.8 Å². The summed E-state index contributed by atoms with van der Waals surface area (Å²) in [6.45, 7) is 6.93. The molecule has 0 aromatic heterocycles. The number of hydrogen-bond acceptors (Lipinski definition) is 9. The van der Waals surface area contributed by atoms with Gasteiger partial charge in [0.15, 0.2) is 0 Å². The fraction of sp³-hybridized carbons (Fsp3) is 1.00. The summed E-state index contributed by atoms with van der Waals surface area (Å²) in [6, 6.07) is 1.56. The van der Waals surface area contributed by atoms with Crippen molar-refractivity contribution in [3.63, 3.8) is 0 Å². The summed E-state index contributed by atoms with van der Waals surface area (Å²) in [4.78, 5) is 0. The monoisotopic (exact) mass is 627 g/mol. The maximum Gasteiger partial charge on any atom is 0.261 e. The maximum absolute atomic E-state index is 9.19. The van der Waals surface area contributed by atoms with Gasteiger partial charge in [0.1, 0.15) is 0 Å². The molecule has 3 aliphatic carbocycles. The predicted molar refractivity (Wildman–Crippen MR) is 159 cm³/mol. The normalized spacial score (nSPS) is 28.9. The molecule has 3 aliphatic rings. The summed E-state index contributed by atoms with van der Waals surface area (Å²) >= 11 is 0. The predicted octanol–water partition coefficient (Wildman–Crippen LogP) is 3.08. The van der Waals surface area contributed by atoms with Crippen LogP contribution in [0.4, 0.5) is 0 Å². The fourth-order valence-corrected chi connectivity index (χ4v) is 3.86. The topological polar surface area (TPSA) is 241 Å². The summed E-state index contributed by atoms with van der Waals surface area (Å²) in [5, 5.41) is 0. The molecule has 0 radical (unpaired) electrons. The van der Waals surface area contributed by atoms with Gasteiger partial charge in [0.25, 0.3) is 30.4 Å². The molecular weight excluding hydrogens is 570 g/mol. The molecule has 240 valence electrons. The molecule has 0 spiro atoms. The van der Waals surface area contributed by atoms with E-state index in [4.69, 9.17) is 30.9 Å². The molecule has 3 saturated carbocycles. The standard InChI is InChI=1S/3C7H15N.3CH4O3S/c3*1-6-2-4-7(8)5-3-6;3*1-5(2,3)4/h3*6-7H,2-5,8H2,1H3;3*1H3,(H,2,3,4). The van der Waals surface area contributed by atoms with Crippen molar-refractivity contribution in [2.75, 3.05) is 18.8 Å². The molecule has 3 fully saturated rings. The Morgan fingerprint density at radius 2 is 0.513 bits per heavy atom. The van der Waals surface area contributed by atoms with Crippen LogP contribution in [0.15, 0.2) is 0 Å². The lowest BCUT2D eigenvalue weighted by Crippen LogP contribution is -2.25. The van der Waals surface area contributed by atoms with Gasteiger partial charge < -0.3 is 17.2 Å². The highest BCUT2D eigenvalue weighted by Gasteiger charge is 2.14. The van der Waals surface area contributed by atoms with E-state index in [1.54, 1.807) is 0 Å². The molecule has 0 heterocycles. The molecule has 0 amide bonds. The van der Waals surface area contributed by atoms with E-state index in [-0.39, 0.29) is 0 Å². The second kappa shape index (κ2) is 22.2. The first kappa shape index (κ1) is 43.1. The SMILES string of the molecule is CC1CCC(N)CC1.CC1CCC(N)CC1.CC1CCC(N)CC1.CS(=O)(=O)O.CS(=O)(=O)O.CS(=O)(=O)O. The summed E-state index contributed by atoms with van der Waals surface area (Å²) in [5.74, 6) is 2.82. The lowest BCUT2D eigenvalue weighted by atomic mass is 9.88. The molecule has 9 N–H and O–H groups in total. The molecule has 3 rings (SSSR count). The zero-order chi connectivity index (χ0) is 31.4. The molecule has 0 bridgehead atoms. The smallest absolute Gasteiger partial charge is 0.261 e. The highest BCUT2D eigenvalue weighted by Crippen LogP contribution is 2.23. The Labute approximate surface area is 238 Å². The van der Waals surface area contributed by atoms with Gasteiger partial charge in [0.2, 0.25) is 0 Å². The van der Waals surface area contributed by atoms with Gasteiger partial charge in [-0.05, 0) is 94.8 Å². The van der Waals surface area contributed by atoms with Crippen LogP contribution in [0.2, 0.25) is 0 Å². The van der Waals surface area contributed by atoms with Gasteiger partial charge in [0.05, 0.1) is 18.8 Å². The molecule has 39 heavy (non-hydrogen) atoms. The van der Waals surface area contributed by atoms with Crippen LogP contribution < -0.4 is 17.2 Å². The Bertz CT molecular complexity index is 718. The Hall–Kier alpha value is -0.390. The van der Waals surface area contributed by atoms with Crippen molar-refractivity contribution in [1.82, 2.24) is 0 Å². The largest absolute Gasteiger partial charge is 0.328 e. The third-order valence-corrected chi connectivity index (χ3v) is 6.18. The van der Waals surface area contributed by atoms with Crippen molar-refractivity contribution in [3.8, 4) is 0 Å². The molecular formula is C24H57N3O9S3. The molecule has 0 unspecified atom stereocenters. The first-order valence-electron chi connectivity index (χ1n) is 13.4. The molecule has 15 heteroatoms. The molecule has 0 aromatic rings. The van der Waals surface area contributed by atoms with Gasteiger partial charge >= 0.3 is 0 Å². The van der Waals surface area contributed by atoms with E-state index in [0.717, 1.165) is 17.8 Å². The van der Waals surface area contributed by atoms with Crippen molar-refractivity contribution in [3.05, 3.63) is 0 Å². The average molecular weight is 628 g/mol. The number of rotatable bonds is 0. The van der Waals surface area contributed by atoms with Crippen LogP contribution >= 0.6 is 0 Å². The van der Waals surface area contributed by atoms with Crippen LogP contribution in [0.25, 0.3) is 0 Å². The lowest BCUT2D eigenvalue weighted by molar-refractivity contribution is 0.348. The highest BCUT2D eigenvalue weighted by molar-refractivity contribution is 7.85. The average Bonchev–Trinajstić information content (AvgIpc) is 2.72. The number of nitrogens with two attached hydrogens (primary N) is 3. The second-order valence-corrected chi connectivity index (χ2v) is 15.7. The highest BCUT2D eigenvalue weighted by atomic mass is 32.2. The molecule has 0 aliphatic heterocycles. The van der Waals surface area contributed by atoms with Crippen molar-refractivity contribution in [2.24, 2.45) is 35.0 Å². The van der Waals surface area contributed by atoms with Crippen LogP contribution in [0.1, 0.15) is 97.8 Å². The summed E-state index contributed by atoms with van der Waals surface area (Å²) in [7, 11) is -11.0. The van der Waals surface area contributed by atoms with Gasteiger partial charge in [-0.1, -0.05) is 20.8 Å². The van der Waals surface area contributed by atoms with Crippen LogP contribution in [-0.2, 0) is 30.4 Å².